The second-order valence-corrected chi connectivity index (χ2v) is 5.73. The van der Waals surface area contributed by atoms with E-state index in [0.717, 1.165) is 0 Å². The predicted octanol–water partition coefficient (Wildman–Crippen LogP) is 3.48. The van der Waals surface area contributed by atoms with Crippen LogP contribution >= 0.6 is 23.2 Å². The highest BCUT2D eigenvalue weighted by atomic mass is 35.5. The number of carbonyl (C=O) groups excluding carboxylic acids is 1. The van der Waals surface area contributed by atoms with Crippen molar-refractivity contribution >= 4 is 29.1 Å². The van der Waals surface area contributed by atoms with Crippen molar-refractivity contribution in [3.05, 3.63) is 28.8 Å². The van der Waals surface area contributed by atoms with Gasteiger partial charge < -0.3 is 10.1 Å². The Balaban J connectivity index is 2.98. The molecule has 1 aromatic carbocycles. The van der Waals surface area contributed by atoms with Gasteiger partial charge in [-0.2, -0.15) is 0 Å². The van der Waals surface area contributed by atoms with E-state index in [-0.39, 0.29) is 11.3 Å². The van der Waals surface area contributed by atoms with E-state index in [4.69, 9.17) is 27.9 Å². The molecule has 0 aliphatic rings. The molecule has 0 aliphatic carbocycles. The molecule has 0 aliphatic heterocycles. The summed E-state index contributed by atoms with van der Waals surface area (Å²) in [7, 11) is 1.50. The molecule has 3 nitrogen and oxygen atoms in total. The van der Waals surface area contributed by atoms with Crippen LogP contribution in [0, 0.1) is 0 Å². The lowest BCUT2D eigenvalue weighted by Crippen LogP contribution is -2.49. The number of benzene rings is 1. The Morgan fingerprint density at radius 1 is 1.44 bits per heavy atom. The van der Waals surface area contributed by atoms with Gasteiger partial charge in [0.05, 0.1) is 23.6 Å². The maximum absolute atomic E-state index is 12.2. The summed E-state index contributed by atoms with van der Waals surface area (Å²) in [5, 5.41) is 3.20. The van der Waals surface area contributed by atoms with Crippen molar-refractivity contribution in [1.29, 1.82) is 0 Å². The van der Waals surface area contributed by atoms with Crippen molar-refractivity contribution in [1.82, 2.24) is 5.32 Å². The highest BCUT2D eigenvalue weighted by Crippen LogP contribution is 2.24. The van der Waals surface area contributed by atoms with Crippen LogP contribution in [-0.2, 0) is 0 Å². The molecule has 0 aromatic heterocycles. The fourth-order valence-electron chi connectivity index (χ4n) is 1.31. The van der Waals surface area contributed by atoms with Gasteiger partial charge in [-0.3, -0.25) is 4.79 Å². The van der Waals surface area contributed by atoms with Crippen LogP contribution in [0.2, 0.25) is 5.02 Å². The van der Waals surface area contributed by atoms with Crippen LogP contribution in [0.25, 0.3) is 0 Å². The number of carbonyl (C=O) groups is 1. The quantitative estimate of drug-likeness (QED) is 0.862. The van der Waals surface area contributed by atoms with Crippen LogP contribution in [0.15, 0.2) is 18.2 Å². The van der Waals surface area contributed by atoms with Gasteiger partial charge in [0.25, 0.3) is 5.91 Å². The maximum atomic E-state index is 12.2. The third-order valence-corrected chi connectivity index (χ3v) is 3.62. The number of ether oxygens (including phenoxy) is 1. The summed E-state index contributed by atoms with van der Waals surface area (Å²) in [6.45, 7) is 5.57. The monoisotopic (exact) mass is 289 g/mol. The van der Waals surface area contributed by atoms with Crippen LogP contribution in [0.3, 0.4) is 0 Å². The second kappa shape index (κ2) is 5.81. The second-order valence-electron chi connectivity index (χ2n) is 4.64. The van der Waals surface area contributed by atoms with E-state index in [1.165, 1.54) is 7.11 Å². The van der Waals surface area contributed by atoms with E-state index < -0.39 is 5.54 Å². The Morgan fingerprint density at radius 2 is 2.06 bits per heavy atom. The zero-order chi connectivity index (χ0) is 13.9. The van der Waals surface area contributed by atoms with Crippen molar-refractivity contribution in [2.45, 2.75) is 31.7 Å². The smallest absolute Gasteiger partial charge is 0.255 e. The Bertz CT molecular complexity index is 445. The third kappa shape index (κ3) is 3.53. The molecule has 0 radical (unpaired) electrons. The average Bonchev–Trinajstić information content (AvgIpc) is 2.27. The van der Waals surface area contributed by atoms with Gasteiger partial charge in [0.15, 0.2) is 0 Å². The predicted molar refractivity (Wildman–Crippen MR) is 74.9 cm³/mol. The molecule has 0 saturated carbocycles. The fourth-order valence-corrected chi connectivity index (χ4v) is 1.53. The lowest BCUT2D eigenvalue weighted by molar-refractivity contribution is 0.0909. The number of amides is 1. The molecule has 0 spiro atoms. The van der Waals surface area contributed by atoms with Crippen molar-refractivity contribution < 1.29 is 9.53 Å². The van der Waals surface area contributed by atoms with E-state index in [1.54, 1.807) is 18.2 Å². The highest BCUT2D eigenvalue weighted by Gasteiger charge is 2.27. The molecule has 1 unspecified atom stereocenters. The van der Waals surface area contributed by atoms with E-state index in [1.807, 2.05) is 20.8 Å². The zero-order valence-corrected chi connectivity index (χ0v) is 12.4. The molecule has 0 fully saturated rings. The molecule has 100 valence electrons. The molecule has 18 heavy (non-hydrogen) atoms. The summed E-state index contributed by atoms with van der Waals surface area (Å²) >= 11 is 11.9. The van der Waals surface area contributed by atoms with Gasteiger partial charge in [-0.25, -0.2) is 0 Å². The van der Waals surface area contributed by atoms with Gasteiger partial charge in [0.2, 0.25) is 0 Å². The van der Waals surface area contributed by atoms with E-state index >= 15 is 0 Å². The number of halogens is 2. The summed E-state index contributed by atoms with van der Waals surface area (Å²) < 4.78 is 5.14. The molecular weight excluding hydrogens is 273 g/mol. The van der Waals surface area contributed by atoms with E-state index in [2.05, 4.69) is 5.32 Å². The third-order valence-electron chi connectivity index (χ3n) is 2.84. The van der Waals surface area contributed by atoms with Crippen molar-refractivity contribution in [2.75, 3.05) is 7.11 Å². The SMILES string of the molecule is COc1cc(Cl)ccc1C(=O)NC(C)(C)C(C)Cl. The first-order chi connectivity index (χ1) is 8.27. The first-order valence-electron chi connectivity index (χ1n) is 5.58. The van der Waals surface area contributed by atoms with Crippen LogP contribution in [0.5, 0.6) is 5.75 Å². The van der Waals surface area contributed by atoms with Crippen molar-refractivity contribution in [2.24, 2.45) is 0 Å². The number of hydrogen-bond donors (Lipinski definition) is 1. The number of nitrogens with one attached hydrogen (secondary N) is 1. The van der Waals surface area contributed by atoms with Gasteiger partial charge in [0, 0.05) is 5.02 Å². The molecular formula is C13H17Cl2NO2. The number of hydrogen-bond acceptors (Lipinski definition) is 2. The summed E-state index contributed by atoms with van der Waals surface area (Å²) in [6, 6.07) is 4.88. The van der Waals surface area contributed by atoms with Crippen molar-refractivity contribution in [3.63, 3.8) is 0 Å². The Kier molecular flexibility index (Phi) is 4.88. The molecule has 1 rings (SSSR count). The highest BCUT2D eigenvalue weighted by molar-refractivity contribution is 6.30. The largest absolute Gasteiger partial charge is 0.496 e. The molecule has 1 atom stereocenters. The summed E-state index contributed by atoms with van der Waals surface area (Å²) in [5.74, 6) is 0.207. The fraction of sp³-hybridized carbons (Fsp3) is 0.462. The lowest BCUT2D eigenvalue weighted by Gasteiger charge is -2.29. The number of methoxy groups -OCH3 is 1. The topological polar surface area (TPSA) is 38.3 Å². The van der Waals surface area contributed by atoms with Crippen LogP contribution in [-0.4, -0.2) is 23.9 Å². The van der Waals surface area contributed by atoms with E-state index in [9.17, 15) is 4.79 Å². The minimum atomic E-state index is -0.511. The standard InChI is InChI=1S/C13H17Cl2NO2/c1-8(14)13(2,3)16-12(17)10-6-5-9(15)7-11(10)18-4/h5-8H,1-4H3,(H,16,17). The lowest BCUT2D eigenvalue weighted by atomic mass is 10.0. The summed E-state index contributed by atoms with van der Waals surface area (Å²) in [4.78, 5) is 12.2. The van der Waals surface area contributed by atoms with Crippen LogP contribution < -0.4 is 10.1 Å². The molecule has 1 aromatic rings. The van der Waals surface area contributed by atoms with Crippen LogP contribution in [0.4, 0.5) is 0 Å². The zero-order valence-electron chi connectivity index (χ0n) is 10.9. The van der Waals surface area contributed by atoms with Gasteiger partial charge in [-0.15, -0.1) is 11.6 Å². The van der Waals surface area contributed by atoms with Crippen LogP contribution in [0.1, 0.15) is 31.1 Å². The minimum absolute atomic E-state index is 0.195. The summed E-state index contributed by atoms with van der Waals surface area (Å²) in [6.07, 6.45) is 0. The molecule has 0 saturated heterocycles. The van der Waals surface area contributed by atoms with Gasteiger partial charge in [-0.1, -0.05) is 11.6 Å². The van der Waals surface area contributed by atoms with Gasteiger partial charge >= 0.3 is 0 Å². The number of alkyl halides is 1. The maximum Gasteiger partial charge on any atom is 0.255 e. The molecule has 0 bridgehead atoms. The van der Waals surface area contributed by atoms with E-state index in [0.29, 0.717) is 16.3 Å². The Labute approximate surface area is 117 Å². The minimum Gasteiger partial charge on any atom is -0.496 e. The van der Waals surface area contributed by atoms with Crippen molar-refractivity contribution in [3.8, 4) is 5.75 Å². The Hall–Kier alpha value is -0.930. The van der Waals surface area contributed by atoms with Gasteiger partial charge in [-0.05, 0) is 39.0 Å². The first-order valence-corrected chi connectivity index (χ1v) is 6.39. The molecule has 0 heterocycles. The number of rotatable bonds is 4. The van der Waals surface area contributed by atoms with Gasteiger partial charge in [0.1, 0.15) is 5.75 Å². The normalized spacial score (nSPS) is 13.0. The average molecular weight is 290 g/mol. The first kappa shape index (κ1) is 15.1. The molecule has 1 N–H and O–H groups in total. The molecule has 1 amide bonds. The Morgan fingerprint density at radius 3 is 2.56 bits per heavy atom. The summed E-state index contributed by atoms with van der Waals surface area (Å²) in [5.41, 5.74) is -0.0733. The molecule has 5 heteroatoms.